The fourth-order valence-corrected chi connectivity index (χ4v) is 1.89. The van der Waals surface area contributed by atoms with Crippen molar-refractivity contribution in [2.75, 3.05) is 20.2 Å². The molecule has 0 heterocycles. The van der Waals surface area contributed by atoms with Crippen molar-refractivity contribution in [2.24, 2.45) is 0 Å². The van der Waals surface area contributed by atoms with Crippen molar-refractivity contribution in [3.63, 3.8) is 0 Å². The van der Waals surface area contributed by atoms with Gasteiger partial charge in [0.15, 0.2) is 0 Å². The second-order valence-corrected chi connectivity index (χ2v) is 5.62. The first-order valence-corrected chi connectivity index (χ1v) is 6.50. The lowest BCUT2D eigenvalue weighted by molar-refractivity contribution is 0.0207. The number of benzene rings is 1. The van der Waals surface area contributed by atoms with Crippen LogP contribution in [-0.4, -0.2) is 30.9 Å². The Morgan fingerprint density at radius 2 is 2.06 bits per heavy atom. The lowest BCUT2D eigenvalue weighted by Crippen LogP contribution is -2.38. The van der Waals surface area contributed by atoms with Crippen LogP contribution in [0.1, 0.15) is 25.5 Å². The molecule has 0 aliphatic rings. The number of rotatable bonds is 6. The van der Waals surface area contributed by atoms with Gasteiger partial charge in [0.25, 0.3) is 0 Å². The normalized spacial score (nSPS) is 13.7. The molecular weight excluding hydrogens is 273 g/mol. The Hall–Kier alpha value is -0.320. The zero-order valence-corrected chi connectivity index (χ0v) is 12.3. The molecule has 0 fully saturated rings. The van der Waals surface area contributed by atoms with Gasteiger partial charge < -0.3 is 15.2 Å². The molecule has 1 rings (SSSR count). The van der Waals surface area contributed by atoms with Gasteiger partial charge in [0.05, 0.1) is 11.7 Å². The van der Waals surface area contributed by atoms with Crippen LogP contribution in [0.5, 0.6) is 0 Å². The van der Waals surface area contributed by atoms with Crippen LogP contribution in [0.2, 0.25) is 10.0 Å². The number of ether oxygens (including phenoxy) is 1. The van der Waals surface area contributed by atoms with Gasteiger partial charge in [0, 0.05) is 35.8 Å². The van der Waals surface area contributed by atoms with E-state index >= 15 is 0 Å². The average Bonchev–Trinajstić information content (AvgIpc) is 2.32. The van der Waals surface area contributed by atoms with Gasteiger partial charge in [-0.25, -0.2) is 0 Å². The van der Waals surface area contributed by atoms with E-state index in [0.717, 1.165) is 0 Å². The SMILES string of the molecule is COC(C)(C)CNCC(O)c1cc(Cl)ccc1Cl. The Balaban J connectivity index is 2.55. The molecule has 0 spiro atoms. The van der Waals surface area contributed by atoms with Crippen LogP contribution in [0.3, 0.4) is 0 Å². The van der Waals surface area contributed by atoms with Crippen molar-refractivity contribution in [3.8, 4) is 0 Å². The molecule has 1 atom stereocenters. The third kappa shape index (κ3) is 4.75. The summed E-state index contributed by atoms with van der Waals surface area (Å²) in [6.07, 6.45) is -0.691. The molecule has 18 heavy (non-hydrogen) atoms. The van der Waals surface area contributed by atoms with Gasteiger partial charge in [-0.3, -0.25) is 0 Å². The molecule has 0 aliphatic heterocycles. The lowest BCUT2D eigenvalue weighted by Gasteiger charge is -2.24. The van der Waals surface area contributed by atoms with E-state index in [1.54, 1.807) is 25.3 Å². The molecule has 102 valence electrons. The minimum absolute atomic E-state index is 0.266. The average molecular weight is 292 g/mol. The lowest BCUT2D eigenvalue weighted by atomic mass is 10.1. The standard InChI is InChI=1S/C13H19Cl2NO2/c1-13(2,18-3)8-16-7-12(17)10-6-9(14)4-5-11(10)15/h4-6,12,16-17H,7-8H2,1-3H3. The smallest absolute Gasteiger partial charge is 0.0929 e. The monoisotopic (exact) mass is 291 g/mol. The maximum absolute atomic E-state index is 10.0. The molecule has 0 aliphatic carbocycles. The first-order valence-electron chi connectivity index (χ1n) is 5.74. The van der Waals surface area contributed by atoms with Gasteiger partial charge in [0.1, 0.15) is 0 Å². The number of hydrogen-bond donors (Lipinski definition) is 2. The largest absolute Gasteiger partial charge is 0.387 e. The minimum Gasteiger partial charge on any atom is -0.387 e. The molecule has 1 unspecified atom stereocenters. The summed E-state index contributed by atoms with van der Waals surface area (Å²) in [5.41, 5.74) is 0.365. The molecule has 0 bridgehead atoms. The van der Waals surface area contributed by atoms with Crippen LogP contribution < -0.4 is 5.32 Å². The van der Waals surface area contributed by atoms with Gasteiger partial charge in [-0.15, -0.1) is 0 Å². The fraction of sp³-hybridized carbons (Fsp3) is 0.538. The fourth-order valence-electron chi connectivity index (χ4n) is 1.46. The van der Waals surface area contributed by atoms with Gasteiger partial charge in [0.2, 0.25) is 0 Å². The van der Waals surface area contributed by atoms with Crippen LogP contribution in [-0.2, 0) is 4.74 Å². The molecule has 1 aromatic carbocycles. The number of aliphatic hydroxyl groups excluding tert-OH is 1. The van der Waals surface area contributed by atoms with Gasteiger partial charge in [-0.1, -0.05) is 23.2 Å². The highest BCUT2D eigenvalue weighted by Crippen LogP contribution is 2.26. The summed E-state index contributed by atoms with van der Waals surface area (Å²) in [5, 5.41) is 14.3. The number of hydrogen-bond acceptors (Lipinski definition) is 3. The first kappa shape index (κ1) is 15.7. The van der Waals surface area contributed by atoms with E-state index in [1.165, 1.54) is 0 Å². The number of methoxy groups -OCH3 is 1. The molecule has 1 aromatic rings. The maximum atomic E-state index is 10.0. The van der Waals surface area contributed by atoms with Crippen molar-refractivity contribution < 1.29 is 9.84 Å². The summed E-state index contributed by atoms with van der Waals surface area (Å²) in [6.45, 7) is 4.98. The first-order chi connectivity index (χ1) is 8.35. The van der Waals surface area contributed by atoms with Crippen LogP contribution in [0.15, 0.2) is 18.2 Å². The molecular formula is C13H19Cl2NO2. The number of aliphatic hydroxyl groups is 1. The summed E-state index contributed by atoms with van der Waals surface area (Å²) in [4.78, 5) is 0. The van der Waals surface area contributed by atoms with Crippen LogP contribution >= 0.6 is 23.2 Å². The highest BCUT2D eigenvalue weighted by Gasteiger charge is 2.17. The summed E-state index contributed by atoms with van der Waals surface area (Å²) >= 11 is 11.9. The quantitative estimate of drug-likeness (QED) is 0.846. The predicted molar refractivity (Wildman–Crippen MR) is 75.4 cm³/mol. The molecule has 0 radical (unpaired) electrons. The number of nitrogens with one attached hydrogen (secondary N) is 1. The van der Waals surface area contributed by atoms with E-state index in [-0.39, 0.29) is 5.60 Å². The Kier molecular flexibility index (Phi) is 5.89. The second kappa shape index (κ2) is 6.73. The topological polar surface area (TPSA) is 41.5 Å². The third-order valence-electron chi connectivity index (χ3n) is 2.76. The van der Waals surface area contributed by atoms with Crippen molar-refractivity contribution in [1.29, 1.82) is 0 Å². The Morgan fingerprint density at radius 3 is 2.67 bits per heavy atom. The molecule has 2 N–H and O–H groups in total. The van der Waals surface area contributed by atoms with E-state index in [4.69, 9.17) is 27.9 Å². The van der Waals surface area contributed by atoms with Crippen molar-refractivity contribution in [1.82, 2.24) is 5.32 Å². The van der Waals surface area contributed by atoms with Crippen LogP contribution in [0.4, 0.5) is 0 Å². The maximum Gasteiger partial charge on any atom is 0.0929 e. The van der Waals surface area contributed by atoms with Crippen LogP contribution in [0, 0.1) is 0 Å². The summed E-state index contributed by atoms with van der Waals surface area (Å²) in [7, 11) is 1.66. The van der Waals surface area contributed by atoms with E-state index in [9.17, 15) is 5.11 Å². The van der Waals surface area contributed by atoms with E-state index < -0.39 is 6.10 Å². The molecule has 0 aromatic heterocycles. The summed E-state index contributed by atoms with van der Waals surface area (Å²) in [5.74, 6) is 0. The van der Waals surface area contributed by atoms with E-state index in [2.05, 4.69) is 5.32 Å². The zero-order valence-electron chi connectivity index (χ0n) is 10.8. The summed E-state index contributed by atoms with van der Waals surface area (Å²) in [6, 6.07) is 5.06. The van der Waals surface area contributed by atoms with E-state index in [1.807, 2.05) is 13.8 Å². The third-order valence-corrected chi connectivity index (χ3v) is 3.34. The molecule has 5 heteroatoms. The Labute approximate surface area is 118 Å². The minimum atomic E-state index is -0.691. The molecule has 0 saturated carbocycles. The Bertz CT molecular complexity index is 397. The van der Waals surface area contributed by atoms with E-state index in [0.29, 0.717) is 28.7 Å². The van der Waals surface area contributed by atoms with Gasteiger partial charge >= 0.3 is 0 Å². The van der Waals surface area contributed by atoms with Gasteiger partial charge in [-0.05, 0) is 32.0 Å². The van der Waals surface area contributed by atoms with Crippen LogP contribution in [0.25, 0.3) is 0 Å². The Morgan fingerprint density at radius 1 is 1.39 bits per heavy atom. The highest BCUT2D eigenvalue weighted by atomic mass is 35.5. The second-order valence-electron chi connectivity index (χ2n) is 4.78. The number of halogens is 2. The zero-order chi connectivity index (χ0) is 13.8. The summed E-state index contributed by atoms with van der Waals surface area (Å²) < 4.78 is 5.28. The van der Waals surface area contributed by atoms with Gasteiger partial charge in [-0.2, -0.15) is 0 Å². The van der Waals surface area contributed by atoms with Crippen molar-refractivity contribution >= 4 is 23.2 Å². The molecule has 3 nitrogen and oxygen atoms in total. The predicted octanol–water partition coefficient (Wildman–Crippen LogP) is 3.04. The van der Waals surface area contributed by atoms with Crippen molar-refractivity contribution in [2.45, 2.75) is 25.6 Å². The molecule has 0 saturated heterocycles. The van der Waals surface area contributed by atoms with Crippen molar-refractivity contribution in [3.05, 3.63) is 33.8 Å². The molecule has 0 amide bonds. The highest BCUT2D eigenvalue weighted by molar-refractivity contribution is 6.33.